The molecule has 2 bridgehead atoms. The summed E-state index contributed by atoms with van der Waals surface area (Å²) in [4.78, 5) is 58.4. The molecule has 10 heteroatoms. The van der Waals surface area contributed by atoms with E-state index < -0.39 is 0 Å². The number of likely N-dealkylation sites (tertiary alicyclic amines) is 1. The molecule has 1 N–H and O–H groups in total. The molecular weight excluding hydrogens is 522 g/mol. The Bertz CT molecular complexity index is 1300. The second-order valence-corrected chi connectivity index (χ2v) is 10.8. The summed E-state index contributed by atoms with van der Waals surface area (Å²) in [5.41, 5.74) is 1.92. The van der Waals surface area contributed by atoms with Gasteiger partial charge in [0.05, 0.1) is 19.2 Å². The largest absolute Gasteiger partial charge is 0.494 e. The Morgan fingerprint density at radius 3 is 2.59 bits per heavy atom. The Morgan fingerprint density at radius 1 is 0.976 bits per heavy atom. The minimum atomic E-state index is -0.333. The summed E-state index contributed by atoms with van der Waals surface area (Å²) in [7, 11) is 1.71. The smallest absolute Gasteiger partial charge is 0.320 e. The number of fused-ring (bicyclic) bond motifs is 4. The van der Waals surface area contributed by atoms with Crippen LogP contribution in [0.25, 0.3) is 6.08 Å². The fourth-order valence-electron chi connectivity index (χ4n) is 5.57. The third-order valence-corrected chi connectivity index (χ3v) is 7.89. The molecule has 0 unspecified atom stereocenters. The standard InChI is InChI=1S/C31H37N5O5/c1-33-15-16-35(31(33)40)22-30(39)34-14-5-6-17-41-25-11-7-10-24(18-25)26-19-36(20-27(26)32-28(37)21-34)29(38)13-12-23-8-3-2-4-9-23/h2-4,7-13,18,26-27H,5-6,14-17,19-22H2,1H3,(H,32,37)/t26-,27+/m1/s1. The van der Waals surface area contributed by atoms with E-state index in [1.807, 2.05) is 54.6 Å². The molecule has 2 aromatic carbocycles. The maximum absolute atomic E-state index is 13.3. The normalized spacial score (nSPS) is 21.9. The zero-order valence-corrected chi connectivity index (χ0v) is 23.4. The van der Waals surface area contributed by atoms with Gasteiger partial charge in [0.1, 0.15) is 12.3 Å². The zero-order chi connectivity index (χ0) is 28.8. The molecule has 3 aliphatic heterocycles. The van der Waals surface area contributed by atoms with Crippen molar-refractivity contribution in [3.05, 3.63) is 71.8 Å². The summed E-state index contributed by atoms with van der Waals surface area (Å²) in [6.07, 6.45) is 4.73. The number of nitrogens with one attached hydrogen (secondary N) is 1. The number of urea groups is 1. The van der Waals surface area contributed by atoms with Crippen LogP contribution in [0.1, 0.15) is 29.9 Å². The van der Waals surface area contributed by atoms with E-state index in [1.54, 1.807) is 29.0 Å². The molecule has 2 fully saturated rings. The van der Waals surface area contributed by atoms with Crippen molar-refractivity contribution >= 4 is 29.8 Å². The number of carbonyl (C=O) groups is 4. The van der Waals surface area contributed by atoms with E-state index in [9.17, 15) is 19.2 Å². The summed E-state index contributed by atoms with van der Waals surface area (Å²) in [6.45, 7) is 2.55. The van der Waals surface area contributed by atoms with Crippen molar-refractivity contribution in [2.75, 3.05) is 59.5 Å². The lowest BCUT2D eigenvalue weighted by Gasteiger charge is -2.27. The van der Waals surface area contributed by atoms with Gasteiger partial charge in [-0.25, -0.2) is 4.79 Å². The number of amides is 5. The van der Waals surface area contributed by atoms with Gasteiger partial charge in [0.25, 0.3) is 0 Å². The number of benzene rings is 2. The molecular formula is C31H37N5O5. The summed E-state index contributed by atoms with van der Waals surface area (Å²) in [6, 6.07) is 16.9. The highest BCUT2D eigenvalue weighted by atomic mass is 16.5. The van der Waals surface area contributed by atoms with E-state index in [0.29, 0.717) is 52.2 Å². The van der Waals surface area contributed by atoms with Crippen molar-refractivity contribution in [1.29, 1.82) is 0 Å². The Morgan fingerprint density at radius 2 is 1.80 bits per heavy atom. The van der Waals surface area contributed by atoms with E-state index in [2.05, 4.69) is 5.32 Å². The molecule has 0 aliphatic carbocycles. The Hall–Kier alpha value is -4.34. The molecule has 0 spiro atoms. The van der Waals surface area contributed by atoms with Gasteiger partial charge in [0.15, 0.2) is 0 Å². The Labute approximate surface area is 240 Å². The average Bonchev–Trinajstić information content (AvgIpc) is 3.54. The highest BCUT2D eigenvalue weighted by molar-refractivity contribution is 5.92. The van der Waals surface area contributed by atoms with Crippen LogP contribution >= 0.6 is 0 Å². The maximum atomic E-state index is 13.3. The molecule has 216 valence electrons. The van der Waals surface area contributed by atoms with Crippen LogP contribution in [0.4, 0.5) is 4.79 Å². The number of hydrogen-bond acceptors (Lipinski definition) is 5. The first-order valence-corrected chi connectivity index (χ1v) is 14.2. The SMILES string of the molecule is CN1CCN(CC(=O)N2CCCCOc3cccc(c3)[C@H]3CN(C(=O)C=Cc4ccccc4)C[C@@H]3NC(=O)C2)C1=O. The second kappa shape index (κ2) is 12.9. The molecule has 5 amide bonds. The van der Waals surface area contributed by atoms with Gasteiger partial charge < -0.3 is 29.7 Å². The van der Waals surface area contributed by atoms with Gasteiger partial charge in [-0.3, -0.25) is 14.4 Å². The molecule has 0 radical (unpaired) electrons. The van der Waals surface area contributed by atoms with Gasteiger partial charge in [-0.1, -0.05) is 42.5 Å². The van der Waals surface area contributed by atoms with Gasteiger partial charge in [0.2, 0.25) is 17.7 Å². The highest BCUT2D eigenvalue weighted by Gasteiger charge is 2.37. The molecule has 41 heavy (non-hydrogen) atoms. The fraction of sp³-hybridized carbons (Fsp3) is 0.419. The van der Waals surface area contributed by atoms with Crippen molar-refractivity contribution in [2.24, 2.45) is 0 Å². The van der Waals surface area contributed by atoms with E-state index >= 15 is 0 Å². The van der Waals surface area contributed by atoms with Gasteiger partial charge in [-0.2, -0.15) is 0 Å². The van der Waals surface area contributed by atoms with Crippen LogP contribution in [0, 0.1) is 0 Å². The van der Waals surface area contributed by atoms with Crippen LogP contribution < -0.4 is 10.1 Å². The third-order valence-electron chi connectivity index (χ3n) is 7.89. The topological polar surface area (TPSA) is 102 Å². The lowest BCUT2D eigenvalue weighted by Crippen LogP contribution is -2.49. The lowest BCUT2D eigenvalue weighted by atomic mass is 9.94. The summed E-state index contributed by atoms with van der Waals surface area (Å²) < 4.78 is 6.01. The number of likely N-dealkylation sites (N-methyl/N-ethyl adjacent to an activating group) is 1. The van der Waals surface area contributed by atoms with Crippen LogP contribution in [-0.4, -0.2) is 109 Å². The van der Waals surface area contributed by atoms with Crippen molar-refractivity contribution < 1.29 is 23.9 Å². The fourth-order valence-corrected chi connectivity index (χ4v) is 5.57. The first-order chi connectivity index (χ1) is 19.9. The third kappa shape index (κ3) is 7.06. The Balaban J connectivity index is 1.32. The first kappa shape index (κ1) is 28.2. The molecule has 0 saturated carbocycles. The molecule has 3 heterocycles. The van der Waals surface area contributed by atoms with Crippen molar-refractivity contribution in [1.82, 2.24) is 24.9 Å². The number of nitrogens with zero attached hydrogens (tertiary/aromatic N) is 4. The van der Waals surface area contributed by atoms with Crippen molar-refractivity contribution in [3.63, 3.8) is 0 Å². The molecule has 10 nitrogen and oxygen atoms in total. The van der Waals surface area contributed by atoms with Crippen LogP contribution in [0.2, 0.25) is 0 Å². The number of rotatable bonds is 4. The van der Waals surface area contributed by atoms with E-state index in [-0.39, 0.29) is 48.8 Å². The van der Waals surface area contributed by atoms with Crippen LogP contribution in [-0.2, 0) is 14.4 Å². The second-order valence-electron chi connectivity index (χ2n) is 10.8. The zero-order valence-electron chi connectivity index (χ0n) is 23.4. The van der Waals surface area contributed by atoms with Crippen molar-refractivity contribution in [2.45, 2.75) is 24.8 Å². The van der Waals surface area contributed by atoms with Gasteiger partial charge >= 0.3 is 6.03 Å². The molecule has 0 aromatic heterocycles. The summed E-state index contributed by atoms with van der Waals surface area (Å²) in [5.74, 6) is -0.0629. The number of ether oxygens (including phenoxy) is 1. The van der Waals surface area contributed by atoms with E-state index in [4.69, 9.17) is 4.74 Å². The molecule has 2 aromatic rings. The van der Waals surface area contributed by atoms with E-state index in [0.717, 1.165) is 16.9 Å². The number of hydrogen-bond donors (Lipinski definition) is 1. The molecule has 2 atom stereocenters. The Kier molecular flexibility index (Phi) is 8.86. The van der Waals surface area contributed by atoms with Gasteiger partial charge in [-0.05, 0) is 42.2 Å². The van der Waals surface area contributed by atoms with Crippen molar-refractivity contribution in [3.8, 4) is 5.75 Å². The van der Waals surface area contributed by atoms with Crippen LogP contribution in [0.5, 0.6) is 5.75 Å². The highest BCUT2D eigenvalue weighted by Crippen LogP contribution is 2.30. The average molecular weight is 560 g/mol. The summed E-state index contributed by atoms with van der Waals surface area (Å²) in [5, 5.41) is 3.11. The van der Waals surface area contributed by atoms with Crippen LogP contribution in [0.3, 0.4) is 0 Å². The predicted octanol–water partition coefficient (Wildman–Crippen LogP) is 2.18. The minimum absolute atomic E-state index is 0.0560. The molecule has 3 aliphatic rings. The maximum Gasteiger partial charge on any atom is 0.320 e. The molecule has 5 rings (SSSR count). The monoisotopic (exact) mass is 559 g/mol. The quantitative estimate of drug-likeness (QED) is 0.579. The van der Waals surface area contributed by atoms with E-state index in [1.165, 1.54) is 9.80 Å². The lowest BCUT2D eigenvalue weighted by molar-refractivity contribution is -0.136. The predicted molar refractivity (Wildman–Crippen MR) is 154 cm³/mol. The number of carbonyl (C=O) groups excluding carboxylic acids is 4. The van der Waals surface area contributed by atoms with Gasteiger partial charge in [-0.15, -0.1) is 0 Å². The minimum Gasteiger partial charge on any atom is -0.494 e. The van der Waals surface area contributed by atoms with Gasteiger partial charge in [0, 0.05) is 51.8 Å². The molecule has 2 saturated heterocycles. The van der Waals surface area contributed by atoms with Crippen LogP contribution in [0.15, 0.2) is 60.7 Å². The summed E-state index contributed by atoms with van der Waals surface area (Å²) >= 11 is 0. The first-order valence-electron chi connectivity index (χ1n) is 14.2.